The lowest BCUT2D eigenvalue weighted by Crippen LogP contribution is -2.75. The van der Waals surface area contributed by atoms with Crippen LogP contribution in [0.25, 0.3) is 0 Å². The Morgan fingerprint density at radius 2 is 1.88 bits per heavy atom. The molecule has 0 aromatic carbocycles. The summed E-state index contributed by atoms with van der Waals surface area (Å²) in [5.74, 6) is -0.0105. The number of amides is 3. The zero-order valence-corrected chi connectivity index (χ0v) is 17.5. The molecule has 148 valence electrons. The minimum Gasteiger partial charge on any atom is -0.323 e. The van der Waals surface area contributed by atoms with Crippen LogP contribution in [0.3, 0.4) is 0 Å². The molecule has 0 bridgehead atoms. The lowest BCUT2D eigenvalue weighted by Gasteiger charge is -2.63. The van der Waals surface area contributed by atoms with Crippen LogP contribution in [0.1, 0.15) is 73.6 Å². The smallest absolute Gasteiger partial charge is 0.323 e. The second-order valence-electron chi connectivity index (χ2n) is 8.57. The third-order valence-electron chi connectivity index (χ3n) is 7.33. The first-order valence-corrected chi connectivity index (χ1v) is 10.2. The average Bonchev–Trinajstić information content (AvgIpc) is 2.85. The largest absolute Gasteiger partial charge is 0.325 e. The van der Waals surface area contributed by atoms with Gasteiger partial charge >= 0.3 is 6.03 Å². The molecule has 1 spiro atoms. The van der Waals surface area contributed by atoms with Crippen LogP contribution in [-0.4, -0.2) is 51.4 Å². The Bertz CT molecular complexity index is 578. The standard InChI is InChI=1S/C21H37N3O2/c1-8-12-14-23-17(25)21(22-18(23)26)15-19(6,10-3)24(13-9-2)20(7,11-4)16(21)5/h9,16H,2,8,10-15H2,1,3-7H3,(H,22,26). The van der Waals surface area contributed by atoms with E-state index in [1.807, 2.05) is 6.08 Å². The molecule has 4 atom stereocenters. The van der Waals surface area contributed by atoms with Gasteiger partial charge in [0.1, 0.15) is 5.54 Å². The van der Waals surface area contributed by atoms with Crippen LogP contribution in [0.15, 0.2) is 12.7 Å². The van der Waals surface area contributed by atoms with Gasteiger partial charge in [-0.15, -0.1) is 6.58 Å². The van der Waals surface area contributed by atoms with Gasteiger partial charge in [-0.05, 0) is 39.5 Å². The summed E-state index contributed by atoms with van der Waals surface area (Å²) in [5, 5.41) is 3.15. The number of piperidine rings is 1. The van der Waals surface area contributed by atoms with Crippen molar-refractivity contribution in [2.45, 2.75) is 90.3 Å². The quantitative estimate of drug-likeness (QED) is 0.550. The Morgan fingerprint density at radius 3 is 2.38 bits per heavy atom. The molecule has 2 heterocycles. The highest BCUT2D eigenvalue weighted by Crippen LogP contribution is 2.51. The topological polar surface area (TPSA) is 52.7 Å². The number of hydrogen-bond donors (Lipinski definition) is 1. The summed E-state index contributed by atoms with van der Waals surface area (Å²) in [5.41, 5.74) is -1.17. The van der Waals surface area contributed by atoms with Crippen LogP contribution in [0.5, 0.6) is 0 Å². The van der Waals surface area contributed by atoms with E-state index in [0.29, 0.717) is 13.0 Å². The van der Waals surface area contributed by atoms with Crippen molar-refractivity contribution in [1.82, 2.24) is 15.1 Å². The van der Waals surface area contributed by atoms with Crippen molar-refractivity contribution < 1.29 is 9.59 Å². The molecule has 5 heteroatoms. The van der Waals surface area contributed by atoms with E-state index in [4.69, 9.17) is 0 Å². The van der Waals surface area contributed by atoms with Gasteiger partial charge in [-0.1, -0.05) is 40.2 Å². The van der Waals surface area contributed by atoms with Gasteiger partial charge in [-0.25, -0.2) is 4.79 Å². The molecule has 2 fully saturated rings. The van der Waals surface area contributed by atoms with Crippen LogP contribution in [0.2, 0.25) is 0 Å². The van der Waals surface area contributed by atoms with E-state index >= 15 is 0 Å². The lowest BCUT2D eigenvalue weighted by atomic mass is 9.60. The van der Waals surface area contributed by atoms with Crippen LogP contribution < -0.4 is 5.32 Å². The second-order valence-corrected chi connectivity index (χ2v) is 8.57. The summed E-state index contributed by atoms with van der Waals surface area (Å²) in [6.45, 7) is 18.3. The zero-order valence-electron chi connectivity index (χ0n) is 17.5. The fourth-order valence-electron chi connectivity index (χ4n) is 5.18. The molecule has 5 nitrogen and oxygen atoms in total. The van der Waals surface area contributed by atoms with Gasteiger partial charge in [-0.2, -0.15) is 0 Å². The number of rotatable bonds is 7. The van der Waals surface area contributed by atoms with Gasteiger partial charge in [0, 0.05) is 30.1 Å². The van der Waals surface area contributed by atoms with Crippen LogP contribution in [-0.2, 0) is 4.79 Å². The SMILES string of the molecule is C=CCN1C(C)(CC)CC2(NC(=O)N(CCCC)C2=O)C(C)C1(C)CC. The maximum absolute atomic E-state index is 13.5. The summed E-state index contributed by atoms with van der Waals surface area (Å²) in [6.07, 6.45) is 6.25. The van der Waals surface area contributed by atoms with Gasteiger partial charge in [0.05, 0.1) is 0 Å². The van der Waals surface area contributed by atoms with Crippen molar-refractivity contribution in [2.75, 3.05) is 13.1 Å². The Labute approximate surface area is 159 Å². The molecule has 4 unspecified atom stereocenters. The van der Waals surface area contributed by atoms with Gasteiger partial charge in [0.15, 0.2) is 0 Å². The van der Waals surface area contributed by atoms with E-state index < -0.39 is 5.54 Å². The Balaban J connectivity index is 2.52. The predicted octanol–water partition coefficient (Wildman–Crippen LogP) is 3.94. The van der Waals surface area contributed by atoms with Crippen molar-refractivity contribution in [2.24, 2.45) is 5.92 Å². The minimum absolute atomic E-state index is 0.0163. The molecule has 1 N–H and O–H groups in total. The highest BCUT2D eigenvalue weighted by atomic mass is 16.2. The molecule has 0 aliphatic carbocycles. The highest BCUT2D eigenvalue weighted by Gasteiger charge is 2.66. The number of nitrogens with one attached hydrogen (secondary N) is 1. The lowest BCUT2D eigenvalue weighted by molar-refractivity contribution is -0.153. The highest BCUT2D eigenvalue weighted by molar-refractivity contribution is 6.07. The van der Waals surface area contributed by atoms with Crippen molar-refractivity contribution in [3.8, 4) is 0 Å². The van der Waals surface area contributed by atoms with Crippen molar-refractivity contribution in [1.29, 1.82) is 0 Å². The number of urea groups is 1. The number of carbonyl (C=O) groups is 2. The first-order valence-electron chi connectivity index (χ1n) is 10.2. The van der Waals surface area contributed by atoms with Crippen LogP contribution in [0.4, 0.5) is 4.79 Å². The van der Waals surface area contributed by atoms with E-state index in [2.05, 4.69) is 58.3 Å². The number of unbranched alkanes of at least 4 members (excludes halogenated alkanes) is 1. The van der Waals surface area contributed by atoms with Gasteiger partial charge in [0.25, 0.3) is 5.91 Å². The average molecular weight is 364 g/mol. The normalized spacial score (nSPS) is 38.1. The molecule has 0 radical (unpaired) electrons. The third-order valence-corrected chi connectivity index (χ3v) is 7.33. The maximum Gasteiger partial charge on any atom is 0.325 e. The number of hydrogen-bond acceptors (Lipinski definition) is 3. The van der Waals surface area contributed by atoms with E-state index in [1.165, 1.54) is 4.90 Å². The summed E-state index contributed by atoms with van der Waals surface area (Å²) in [4.78, 5) is 30.1. The molecule has 26 heavy (non-hydrogen) atoms. The Hall–Kier alpha value is -1.36. The first kappa shape index (κ1) is 20.9. The maximum atomic E-state index is 13.5. The second kappa shape index (κ2) is 7.34. The molecule has 0 saturated carbocycles. The van der Waals surface area contributed by atoms with Crippen molar-refractivity contribution in [3.05, 3.63) is 12.7 Å². The monoisotopic (exact) mass is 363 g/mol. The predicted molar refractivity (Wildman–Crippen MR) is 106 cm³/mol. The molecule has 3 amide bonds. The van der Waals surface area contributed by atoms with E-state index in [-0.39, 0.29) is 28.9 Å². The zero-order chi connectivity index (χ0) is 19.8. The van der Waals surface area contributed by atoms with Crippen molar-refractivity contribution in [3.63, 3.8) is 0 Å². The minimum atomic E-state index is -0.808. The summed E-state index contributed by atoms with van der Waals surface area (Å²) in [6, 6.07) is -0.218. The molecule has 0 aromatic rings. The molecule has 2 aliphatic rings. The van der Waals surface area contributed by atoms with Crippen LogP contribution >= 0.6 is 0 Å². The van der Waals surface area contributed by atoms with Crippen molar-refractivity contribution >= 4 is 11.9 Å². The summed E-state index contributed by atoms with van der Waals surface area (Å²) >= 11 is 0. The molecular weight excluding hydrogens is 326 g/mol. The molecule has 2 aliphatic heterocycles. The Kier molecular flexibility index (Phi) is 5.91. The van der Waals surface area contributed by atoms with E-state index in [9.17, 15) is 9.59 Å². The third kappa shape index (κ3) is 2.88. The number of carbonyl (C=O) groups excluding carboxylic acids is 2. The summed E-state index contributed by atoms with van der Waals surface area (Å²) in [7, 11) is 0. The van der Waals surface area contributed by atoms with Gasteiger partial charge < -0.3 is 5.32 Å². The Morgan fingerprint density at radius 1 is 1.23 bits per heavy atom. The number of imide groups is 1. The molecule has 2 rings (SSSR count). The molecule has 2 saturated heterocycles. The number of likely N-dealkylation sites (tertiary alicyclic amines) is 1. The van der Waals surface area contributed by atoms with Gasteiger partial charge in [-0.3, -0.25) is 14.6 Å². The fraction of sp³-hybridized carbons (Fsp3) is 0.810. The molecule has 0 aromatic heterocycles. The molecular formula is C21H37N3O2. The van der Waals surface area contributed by atoms with E-state index in [1.54, 1.807) is 0 Å². The van der Waals surface area contributed by atoms with Gasteiger partial charge in [0.2, 0.25) is 0 Å². The van der Waals surface area contributed by atoms with E-state index in [0.717, 1.165) is 32.2 Å². The summed E-state index contributed by atoms with van der Waals surface area (Å²) < 4.78 is 0. The number of nitrogens with zero attached hydrogens (tertiary/aromatic N) is 2. The first-order chi connectivity index (χ1) is 12.2. The van der Waals surface area contributed by atoms with Crippen LogP contribution in [0, 0.1) is 5.92 Å². The fourth-order valence-corrected chi connectivity index (χ4v) is 5.18.